The van der Waals surface area contributed by atoms with Gasteiger partial charge in [0, 0.05) is 6.04 Å². The Bertz CT molecular complexity index is 130. The zero-order valence-corrected chi connectivity index (χ0v) is 8.85. The van der Waals surface area contributed by atoms with Crippen LogP contribution in [0.3, 0.4) is 0 Å². The number of halogens is 1. The summed E-state index contributed by atoms with van der Waals surface area (Å²) in [5, 5.41) is 3.27. The first kappa shape index (κ1) is 11.0. The molecule has 2 atom stereocenters. The van der Waals surface area contributed by atoms with Crippen LogP contribution in [0, 0.1) is 5.92 Å². The predicted molar refractivity (Wildman–Crippen MR) is 54.6 cm³/mol. The van der Waals surface area contributed by atoms with Gasteiger partial charge in [-0.25, -0.2) is 4.39 Å². The van der Waals surface area contributed by atoms with Gasteiger partial charge in [-0.2, -0.15) is 0 Å². The third-order valence-electron chi connectivity index (χ3n) is 2.80. The van der Waals surface area contributed by atoms with Crippen LogP contribution in [-0.2, 0) is 0 Å². The fraction of sp³-hybridized carbons (Fsp3) is 1.00. The quantitative estimate of drug-likeness (QED) is 0.713. The Kier molecular flexibility index (Phi) is 4.71. The lowest BCUT2D eigenvalue weighted by molar-refractivity contribution is 0.198. The minimum atomic E-state index is -0.623. The van der Waals surface area contributed by atoms with Crippen molar-refractivity contribution in [2.75, 3.05) is 6.54 Å². The van der Waals surface area contributed by atoms with Gasteiger partial charge in [0.2, 0.25) is 0 Å². The third-order valence-corrected chi connectivity index (χ3v) is 2.80. The van der Waals surface area contributed by atoms with E-state index in [1.54, 1.807) is 0 Å². The fourth-order valence-electron chi connectivity index (χ4n) is 1.88. The van der Waals surface area contributed by atoms with Crippen molar-refractivity contribution >= 4 is 0 Å². The molecular formula is C11H22FN. The van der Waals surface area contributed by atoms with E-state index in [2.05, 4.69) is 19.2 Å². The lowest BCUT2D eigenvalue weighted by Crippen LogP contribution is -2.41. The minimum absolute atomic E-state index is 0.146. The van der Waals surface area contributed by atoms with Crippen LogP contribution in [0.4, 0.5) is 4.39 Å². The zero-order chi connectivity index (χ0) is 9.68. The molecule has 0 aromatic carbocycles. The summed E-state index contributed by atoms with van der Waals surface area (Å²) >= 11 is 0. The number of hydrogen-bond donors (Lipinski definition) is 1. The molecule has 1 fully saturated rings. The first-order valence-electron chi connectivity index (χ1n) is 5.57. The molecule has 0 spiro atoms. The van der Waals surface area contributed by atoms with Gasteiger partial charge in [-0.3, -0.25) is 0 Å². The second kappa shape index (κ2) is 5.58. The monoisotopic (exact) mass is 187 g/mol. The highest BCUT2D eigenvalue weighted by Crippen LogP contribution is 2.18. The highest BCUT2D eigenvalue weighted by atomic mass is 19.1. The largest absolute Gasteiger partial charge is 0.311 e. The molecule has 2 unspecified atom stereocenters. The molecule has 2 heteroatoms. The normalized spacial score (nSPS) is 26.3. The van der Waals surface area contributed by atoms with E-state index >= 15 is 0 Å². The van der Waals surface area contributed by atoms with Gasteiger partial charge in [-0.15, -0.1) is 0 Å². The van der Waals surface area contributed by atoms with Gasteiger partial charge in [0.25, 0.3) is 0 Å². The second-order valence-electron chi connectivity index (χ2n) is 4.54. The number of nitrogens with one attached hydrogen (secondary N) is 1. The van der Waals surface area contributed by atoms with Crippen LogP contribution in [0.1, 0.15) is 46.0 Å². The SMILES string of the molecule is CC(C)CCC(F)C1CCCCN1. The number of alkyl halides is 1. The van der Waals surface area contributed by atoms with E-state index in [9.17, 15) is 4.39 Å². The molecule has 0 aromatic heterocycles. The molecule has 1 aliphatic rings. The molecule has 1 N–H and O–H groups in total. The van der Waals surface area contributed by atoms with Gasteiger partial charge in [-0.1, -0.05) is 20.3 Å². The van der Waals surface area contributed by atoms with Crippen LogP contribution in [0.25, 0.3) is 0 Å². The lowest BCUT2D eigenvalue weighted by atomic mass is 9.95. The molecule has 78 valence electrons. The fourth-order valence-corrected chi connectivity index (χ4v) is 1.88. The maximum Gasteiger partial charge on any atom is 0.115 e. The van der Waals surface area contributed by atoms with Crippen LogP contribution in [0.15, 0.2) is 0 Å². The average molecular weight is 187 g/mol. The van der Waals surface area contributed by atoms with Gasteiger partial charge in [0.05, 0.1) is 0 Å². The summed E-state index contributed by atoms with van der Waals surface area (Å²) in [4.78, 5) is 0. The topological polar surface area (TPSA) is 12.0 Å². The Morgan fingerprint density at radius 2 is 2.08 bits per heavy atom. The van der Waals surface area contributed by atoms with Gasteiger partial charge in [0.15, 0.2) is 0 Å². The number of piperidine rings is 1. The lowest BCUT2D eigenvalue weighted by Gasteiger charge is -2.26. The number of hydrogen-bond acceptors (Lipinski definition) is 1. The van der Waals surface area contributed by atoms with Crippen molar-refractivity contribution in [1.29, 1.82) is 0 Å². The molecule has 1 nitrogen and oxygen atoms in total. The maximum atomic E-state index is 13.6. The van der Waals surface area contributed by atoms with Gasteiger partial charge < -0.3 is 5.32 Å². The van der Waals surface area contributed by atoms with Crippen LogP contribution in [-0.4, -0.2) is 18.8 Å². The molecule has 0 radical (unpaired) electrons. The van der Waals surface area contributed by atoms with Gasteiger partial charge >= 0.3 is 0 Å². The molecular weight excluding hydrogens is 165 g/mol. The zero-order valence-electron chi connectivity index (χ0n) is 8.85. The average Bonchev–Trinajstić information content (AvgIpc) is 2.15. The van der Waals surface area contributed by atoms with E-state index in [0.717, 1.165) is 25.8 Å². The van der Waals surface area contributed by atoms with Crippen molar-refractivity contribution in [2.45, 2.75) is 58.2 Å². The molecule has 1 saturated heterocycles. The Hall–Kier alpha value is -0.110. The van der Waals surface area contributed by atoms with E-state index in [4.69, 9.17) is 0 Å². The maximum absolute atomic E-state index is 13.6. The van der Waals surface area contributed by atoms with E-state index in [0.29, 0.717) is 5.92 Å². The number of rotatable bonds is 4. The van der Waals surface area contributed by atoms with Crippen molar-refractivity contribution in [1.82, 2.24) is 5.32 Å². The van der Waals surface area contributed by atoms with Crippen LogP contribution in [0.2, 0.25) is 0 Å². The van der Waals surface area contributed by atoms with Crippen molar-refractivity contribution in [2.24, 2.45) is 5.92 Å². The Morgan fingerprint density at radius 1 is 1.31 bits per heavy atom. The van der Waals surface area contributed by atoms with Crippen molar-refractivity contribution in [3.05, 3.63) is 0 Å². The smallest absolute Gasteiger partial charge is 0.115 e. The Morgan fingerprint density at radius 3 is 2.62 bits per heavy atom. The molecule has 0 bridgehead atoms. The molecule has 0 aromatic rings. The van der Waals surface area contributed by atoms with Crippen molar-refractivity contribution < 1.29 is 4.39 Å². The molecule has 0 amide bonds. The molecule has 0 saturated carbocycles. The predicted octanol–water partition coefficient (Wildman–Crippen LogP) is 2.90. The summed E-state index contributed by atoms with van der Waals surface area (Å²) in [5.74, 6) is 0.627. The molecule has 1 rings (SSSR count). The highest BCUT2D eigenvalue weighted by Gasteiger charge is 2.22. The van der Waals surface area contributed by atoms with E-state index < -0.39 is 6.17 Å². The molecule has 1 aliphatic heterocycles. The molecule has 1 heterocycles. The van der Waals surface area contributed by atoms with Crippen molar-refractivity contribution in [3.63, 3.8) is 0 Å². The van der Waals surface area contributed by atoms with E-state index in [-0.39, 0.29) is 6.04 Å². The van der Waals surface area contributed by atoms with Crippen LogP contribution in [0.5, 0.6) is 0 Å². The van der Waals surface area contributed by atoms with Crippen LogP contribution < -0.4 is 5.32 Å². The first-order valence-corrected chi connectivity index (χ1v) is 5.57. The molecule has 0 aliphatic carbocycles. The summed E-state index contributed by atoms with van der Waals surface area (Å²) in [6.45, 7) is 5.31. The summed E-state index contributed by atoms with van der Waals surface area (Å²) < 4.78 is 13.6. The van der Waals surface area contributed by atoms with Gasteiger partial charge in [-0.05, 0) is 38.1 Å². The summed E-state index contributed by atoms with van der Waals surface area (Å²) in [6, 6.07) is 0.146. The minimum Gasteiger partial charge on any atom is -0.311 e. The third kappa shape index (κ3) is 4.08. The molecule has 13 heavy (non-hydrogen) atoms. The Labute approximate surface area is 81.1 Å². The van der Waals surface area contributed by atoms with E-state index in [1.807, 2.05) is 0 Å². The van der Waals surface area contributed by atoms with Gasteiger partial charge in [0.1, 0.15) is 6.17 Å². The second-order valence-corrected chi connectivity index (χ2v) is 4.54. The summed E-state index contributed by atoms with van der Waals surface area (Å²) in [6.07, 6.45) is 4.56. The van der Waals surface area contributed by atoms with Crippen LogP contribution >= 0.6 is 0 Å². The first-order chi connectivity index (χ1) is 6.20. The summed E-state index contributed by atoms with van der Waals surface area (Å²) in [7, 11) is 0. The highest BCUT2D eigenvalue weighted by molar-refractivity contribution is 4.79. The Balaban J connectivity index is 2.17. The van der Waals surface area contributed by atoms with Crippen molar-refractivity contribution in [3.8, 4) is 0 Å². The standard InChI is InChI=1S/C11H22FN/c1-9(2)6-7-10(12)11-5-3-4-8-13-11/h9-11,13H,3-8H2,1-2H3. The van der Waals surface area contributed by atoms with E-state index in [1.165, 1.54) is 12.8 Å². The summed E-state index contributed by atoms with van der Waals surface area (Å²) in [5.41, 5.74) is 0.